The molecule has 3 unspecified atom stereocenters. The lowest BCUT2D eigenvalue weighted by atomic mass is 9.72. The van der Waals surface area contributed by atoms with E-state index in [2.05, 4.69) is 6.92 Å². The van der Waals surface area contributed by atoms with Crippen molar-refractivity contribution in [1.29, 1.82) is 0 Å². The first-order valence-electron chi connectivity index (χ1n) is 5.98. The van der Waals surface area contributed by atoms with E-state index >= 15 is 0 Å². The summed E-state index contributed by atoms with van der Waals surface area (Å²) >= 11 is 0. The van der Waals surface area contributed by atoms with Gasteiger partial charge in [-0.05, 0) is 37.3 Å². The Labute approximate surface area is 95.5 Å². The zero-order valence-corrected chi connectivity index (χ0v) is 9.56. The first-order chi connectivity index (χ1) is 7.72. The van der Waals surface area contributed by atoms with Crippen molar-refractivity contribution < 1.29 is 14.3 Å². The van der Waals surface area contributed by atoms with Crippen LogP contribution >= 0.6 is 0 Å². The van der Waals surface area contributed by atoms with Gasteiger partial charge in [-0.2, -0.15) is 0 Å². The third-order valence-corrected chi connectivity index (χ3v) is 3.76. The molecular formula is C13H18O3. The lowest BCUT2D eigenvalue weighted by molar-refractivity contribution is -0.144. The fraction of sp³-hybridized carbons (Fsp3) is 0.615. The van der Waals surface area contributed by atoms with Crippen LogP contribution in [0.1, 0.15) is 44.3 Å². The molecule has 0 saturated heterocycles. The highest BCUT2D eigenvalue weighted by molar-refractivity contribution is 5.71. The van der Waals surface area contributed by atoms with Gasteiger partial charge in [0.2, 0.25) is 0 Å². The highest BCUT2D eigenvalue weighted by Crippen LogP contribution is 2.41. The van der Waals surface area contributed by atoms with Crippen molar-refractivity contribution in [2.75, 3.05) is 0 Å². The molecule has 1 fully saturated rings. The Morgan fingerprint density at radius 1 is 1.56 bits per heavy atom. The van der Waals surface area contributed by atoms with Crippen LogP contribution in [-0.2, 0) is 4.79 Å². The van der Waals surface area contributed by atoms with Crippen LogP contribution in [0.4, 0.5) is 0 Å². The Morgan fingerprint density at radius 2 is 2.38 bits per heavy atom. The summed E-state index contributed by atoms with van der Waals surface area (Å²) in [5.74, 6) is 0.590. The molecule has 3 nitrogen and oxygen atoms in total. The zero-order valence-electron chi connectivity index (χ0n) is 9.56. The van der Waals surface area contributed by atoms with E-state index in [0.717, 1.165) is 31.4 Å². The number of carboxylic acid groups (broad SMARTS) is 1. The minimum atomic E-state index is -0.684. The molecule has 1 heterocycles. The third kappa shape index (κ3) is 2.13. The molecule has 1 aliphatic rings. The van der Waals surface area contributed by atoms with Crippen molar-refractivity contribution >= 4 is 5.97 Å². The molecular weight excluding hydrogens is 204 g/mol. The molecule has 1 aromatic heterocycles. The zero-order chi connectivity index (χ0) is 11.5. The number of hydrogen-bond acceptors (Lipinski definition) is 2. The highest BCUT2D eigenvalue weighted by Gasteiger charge is 2.36. The van der Waals surface area contributed by atoms with Crippen LogP contribution in [0.15, 0.2) is 22.8 Å². The van der Waals surface area contributed by atoms with Gasteiger partial charge in [0.1, 0.15) is 5.76 Å². The average Bonchev–Trinajstić information content (AvgIpc) is 2.81. The van der Waals surface area contributed by atoms with E-state index < -0.39 is 5.97 Å². The number of hydrogen-bond donors (Lipinski definition) is 1. The molecule has 2 rings (SSSR count). The Bertz CT molecular complexity index is 342. The van der Waals surface area contributed by atoms with Gasteiger partial charge < -0.3 is 9.52 Å². The minimum absolute atomic E-state index is 0.0613. The van der Waals surface area contributed by atoms with Crippen molar-refractivity contribution in [3.63, 3.8) is 0 Å². The molecule has 1 aromatic rings. The molecule has 0 aromatic carbocycles. The predicted octanol–water partition coefficient (Wildman–Crippen LogP) is 3.27. The van der Waals surface area contributed by atoms with Crippen LogP contribution < -0.4 is 0 Å². The first kappa shape index (κ1) is 11.2. The molecule has 0 aliphatic heterocycles. The second-order valence-corrected chi connectivity index (χ2v) is 4.65. The maximum atomic E-state index is 11.2. The summed E-state index contributed by atoms with van der Waals surface area (Å²) in [6.45, 7) is 2.17. The molecule has 1 saturated carbocycles. The third-order valence-electron chi connectivity index (χ3n) is 3.76. The molecule has 0 spiro atoms. The lowest BCUT2D eigenvalue weighted by Crippen LogP contribution is -2.28. The van der Waals surface area contributed by atoms with Crippen molar-refractivity contribution in [3.05, 3.63) is 24.2 Å². The van der Waals surface area contributed by atoms with Gasteiger partial charge in [0.15, 0.2) is 0 Å². The van der Waals surface area contributed by atoms with Gasteiger partial charge in [0.25, 0.3) is 0 Å². The van der Waals surface area contributed by atoms with Gasteiger partial charge >= 0.3 is 5.97 Å². The molecule has 88 valence electrons. The van der Waals surface area contributed by atoms with Crippen LogP contribution in [0.2, 0.25) is 0 Å². The minimum Gasteiger partial charge on any atom is -0.481 e. The summed E-state index contributed by atoms with van der Waals surface area (Å²) in [6.07, 6.45) is 5.51. The summed E-state index contributed by atoms with van der Waals surface area (Å²) in [5, 5.41) is 9.22. The quantitative estimate of drug-likeness (QED) is 0.853. The van der Waals surface area contributed by atoms with Crippen molar-refractivity contribution in [2.24, 2.45) is 11.8 Å². The lowest BCUT2D eigenvalue weighted by Gasteiger charge is -2.32. The summed E-state index contributed by atoms with van der Waals surface area (Å²) in [4.78, 5) is 11.2. The smallest absolute Gasteiger partial charge is 0.307 e. The van der Waals surface area contributed by atoms with E-state index in [0.29, 0.717) is 5.92 Å². The normalized spacial score (nSPS) is 30.2. The largest absolute Gasteiger partial charge is 0.481 e. The van der Waals surface area contributed by atoms with Gasteiger partial charge in [-0.3, -0.25) is 4.79 Å². The first-order valence-corrected chi connectivity index (χ1v) is 5.98. The van der Waals surface area contributed by atoms with Crippen LogP contribution in [-0.4, -0.2) is 11.1 Å². The van der Waals surface area contributed by atoms with E-state index in [1.807, 2.05) is 12.1 Å². The van der Waals surface area contributed by atoms with Crippen LogP contribution in [0.5, 0.6) is 0 Å². The number of furan rings is 1. The van der Waals surface area contributed by atoms with Crippen LogP contribution in [0.3, 0.4) is 0 Å². The molecule has 0 radical (unpaired) electrons. The predicted molar refractivity (Wildman–Crippen MR) is 60.2 cm³/mol. The summed E-state index contributed by atoms with van der Waals surface area (Å²) in [7, 11) is 0. The average molecular weight is 222 g/mol. The molecule has 3 heteroatoms. The number of rotatable bonds is 3. The Balaban J connectivity index is 2.18. The highest BCUT2D eigenvalue weighted by atomic mass is 16.4. The molecule has 0 amide bonds. The van der Waals surface area contributed by atoms with Gasteiger partial charge in [-0.1, -0.05) is 13.3 Å². The summed E-state index contributed by atoms with van der Waals surface area (Å²) < 4.78 is 5.38. The molecule has 1 N–H and O–H groups in total. The van der Waals surface area contributed by atoms with Crippen molar-refractivity contribution in [1.82, 2.24) is 0 Å². The van der Waals surface area contributed by atoms with Gasteiger partial charge in [-0.15, -0.1) is 0 Å². The Morgan fingerprint density at radius 3 is 2.94 bits per heavy atom. The van der Waals surface area contributed by atoms with Crippen LogP contribution in [0.25, 0.3) is 0 Å². The topological polar surface area (TPSA) is 50.4 Å². The maximum absolute atomic E-state index is 11.2. The van der Waals surface area contributed by atoms with Crippen molar-refractivity contribution in [3.8, 4) is 0 Å². The summed E-state index contributed by atoms with van der Waals surface area (Å²) in [6, 6.07) is 3.74. The number of carboxylic acids is 1. The van der Waals surface area contributed by atoms with Gasteiger partial charge in [-0.25, -0.2) is 0 Å². The Kier molecular flexibility index (Phi) is 3.32. The standard InChI is InChI=1S/C13H18O3/c1-2-9-5-6-10(13(14)15)11(8-9)12-4-3-7-16-12/h3-4,7,9-11H,2,5-6,8H2,1H3,(H,14,15). The second kappa shape index (κ2) is 4.73. The van der Waals surface area contributed by atoms with E-state index in [1.54, 1.807) is 6.26 Å². The molecule has 0 bridgehead atoms. The van der Waals surface area contributed by atoms with E-state index in [-0.39, 0.29) is 11.8 Å². The molecule has 3 atom stereocenters. The van der Waals surface area contributed by atoms with Gasteiger partial charge in [0.05, 0.1) is 12.2 Å². The van der Waals surface area contributed by atoms with E-state index in [9.17, 15) is 9.90 Å². The fourth-order valence-corrected chi connectivity index (χ4v) is 2.74. The van der Waals surface area contributed by atoms with E-state index in [1.165, 1.54) is 0 Å². The second-order valence-electron chi connectivity index (χ2n) is 4.65. The maximum Gasteiger partial charge on any atom is 0.307 e. The number of aliphatic carboxylic acids is 1. The Hall–Kier alpha value is -1.25. The van der Waals surface area contributed by atoms with E-state index in [4.69, 9.17) is 4.42 Å². The van der Waals surface area contributed by atoms with Crippen LogP contribution in [0, 0.1) is 11.8 Å². The fourth-order valence-electron chi connectivity index (χ4n) is 2.74. The van der Waals surface area contributed by atoms with Gasteiger partial charge in [0, 0.05) is 5.92 Å². The monoisotopic (exact) mass is 222 g/mol. The SMILES string of the molecule is CCC1CCC(C(=O)O)C(c2ccco2)C1. The van der Waals surface area contributed by atoms with Crippen molar-refractivity contribution in [2.45, 2.75) is 38.5 Å². The molecule has 1 aliphatic carbocycles. The number of carbonyl (C=O) groups is 1. The summed E-state index contributed by atoms with van der Waals surface area (Å²) in [5.41, 5.74) is 0. The molecule has 16 heavy (non-hydrogen) atoms.